The van der Waals surface area contributed by atoms with Gasteiger partial charge in [0.05, 0.1) is 18.1 Å². The van der Waals surface area contributed by atoms with Crippen molar-refractivity contribution in [3.8, 4) is 0 Å². The highest BCUT2D eigenvalue weighted by Crippen LogP contribution is 2.16. The van der Waals surface area contributed by atoms with Gasteiger partial charge in [-0.2, -0.15) is 0 Å². The number of hydrogen-bond acceptors (Lipinski definition) is 3. The summed E-state index contributed by atoms with van der Waals surface area (Å²) in [7, 11) is 0. The number of rotatable bonds is 5. The molecule has 4 heteroatoms. The molecule has 0 aliphatic carbocycles. The Morgan fingerprint density at radius 2 is 2.19 bits per heavy atom. The maximum atomic E-state index is 11.8. The van der Waals surface area contributed by atoms with Crippen LogP contribution in [0.4, 0.5) is 0 Å². The molecule has 94 valence electrons. The van der Waals surface area contributed by atoms with Gasteiger partial charge in [0.1, 0.15) is 0 Å². The zero-order valence-corrected chi connectivity index (χ0v) is 10.3. The zero-order chi connectivity index (χ0) is 12.0. The van der Waals surface area contributed by atoms with Crippen molar-refractivity contribution < 1.29 is 14.6 Å². The third-order valence-electron chi connectivity index (χ3n) is 3.44. The van der Waals surface area contributed by atoms with Crippen LogP contribution in [0.3, 0.4) is 0 Å². The van der Waals surface area contributed by atoms with Crippen molar-refractivity contribution in [2.45, 2.75) is 45.1 Å². The summed E-state index contributed by atoms with van der Waals surface area (Å²) >= 11 is 0. The fourth-order valence-electron chi connectivity index (χ4n) is 1.84. The summed E-state index contributed by atoms with van der Waals surface area (Å²) in [6.07, 6.45) is 3.16. The summed E-state index contributed by atoms with van der Waals surface area (Å²) in [5.41, 5.74) is -0.759. The first-order chi connectivity index (χ1) is 7.61. The van der Waals surface area contributed by atoms with Crippen LogP contribution in [0, 0.1) is 5.92 Å². The van der Waals surface area contributed by atoms with Gasteiger partial charge in [0, 0.05) is 13.2 Å². The molecule has 1 atom stereocenters. The van der Waals surface area contributed by atoms with Crippen LogP contribution in [0.1, 0.15) is 39.5 Å². The second-order valence-corrected chi connectivity index (χ2v) is 4.56. The van der Waals surface area contributed by atoms with Gasteiger partial charge in [-0.15, -0.1) is 0 Å². The molecular formula is C12H23NO3. The van der Waals surface area contributed by atoms with Crippen molar-refractivity contribution in [3.05, 3.63) is 0 Å². The number of aliphatic hydroxyl groups is 1. The predicted octanol–water partition coefficient (Wildman–Crippen LogP) is 1.08. The lowest BCUT2D eigenvalue weighted by molar-refractivity contribution is -0.130. The number of carbonyl (C=O) groups is 1. The average Bonchev–Trinajstić information content (AvgIpc) is 2.36. The highest BCUT2D eigenvalue weighted by Gasteiger charge is 2.26. The molecule has 1 amide bonds. The quantitative estimate of drug-likeness (QED) is 0.741. The fraction of sp³-hybridized carbons (Fsp3) is 0.917. The molecular weight excluding hydrogens is 206 g/mol. The molecule has 16 heavy (non-hydrogen) atoms. The van der Waals surface area contributed by atoms with E-state index in [1.807, 2.05) is 13.8 Å². The Balaban J connectivity index is 2.33. The summed E-state index contributed by atoms with van der Waals surface area (Å²) < 4.78 is 5.26. The Bertz CT molecular complexity index is 220. The van der Waals surface area contributed by atoms with Crippen LogP contribution in [0.25, 0.3) is 0 Å². The van der Waals surface area contributed by atoms with Crippen LogP contribution in [0.2, 0.25) is 0 Å². The molecule has 1 unspecified atom stereocenters. The topological polar surface area (TPSA) is 58.6 Å². The summed E-state index contributed by atoms with van der Waals surface area (Å²) in [6.45, 7) is 5.48. The van der Waals surface area contributed by atoms with Gasteiger partial charge in [-0.1, -0.05) is 13.8 Å². The lowest BCUT2D eigenvalue weighted by Gasteiger charge is -2.27. The minimum absolute atomic E-state index is 0.0139. The molecule has 1 rings (SSSR count). The molecule has 1 fully saturated rings. The van der Waals surface area contributed by atoms with E-state index in [1.54, 1.807) is 0 Å². The molecule has 1 saturated heterocycles. The van der Waals surface area contributed by atoms with E-state index in [0.29, 0.717) is 26.0 Å². The maximum Gasteiger partial charge on any atom is 0.225 e. The normalized spacial score (nSPS) is 21.8. The van der Waals surface area contributed by atoms with E-state index < -0.39 is 5.60 Å². The van der Waals surface area contributed by atoms with E-state index in [9.17, 15) is 9.90 Å². The molecule has 0 bridgehead atoms. The predicted molar refractivity (Wildman–Crippen MR) is 62.1 cm³/mol. The standard InChI is InChI=1S/C12H23NO3/c1-3-12(15,4-2)9-13-11(14)10-6-5-7-16-8-10/h10,15H,3-9H2,1-2H3,(H,13,14). The summed E-state index contributed by atoms with van der Waals surface area (Å²) in [5.74, 6) is -0.0215. The van der Waals surface area contributed by atoms with E-state index in [1.165, 1.54) is 0 Å². The molecule has 4 nitrogen and oxygen atoms in total. The number of nitrogens with one attached hydrogen (secondary N) is 1. The van der Waals surface area contributed by atoms with Gasteiger partial charge in [0.2, 0.25) is 5.91 Å². The molecule has 0 radical (unpaired) electrons. The van der Waals surface area contributed by atoms with Crippen molar-refractivity contribution in [3.63, 3.8) is 0 Å². The van der Waals surface area contributed by atoms with Gasteiger partial charge in [0.25, 0.3) is 0 Å². The van der Waals surface area contributed by atoms with Crippen molar-refractivity contribution in [2.75, 3.05) is 19.8 Å². The molecule has 2 N–H and O–H groups in total. The third kappa shape index (κ3) is 3.76. The highest BCUT2D eigenvalue weighted by molar-refractivity contribution is 5.78. The molecule has 0 aromatic rings. The number of ether oxygens (including phenoxy) is 1. The van der Waals surface area contributed by atoms with E-state index in [-0.39, 0.29) is 11.8 Å². The van der Waals surface area contributed by atoms with E-state index in [0.717, 1.165) is 19.4 Å². The number of amides is 1. The van der Waals surface area contributed by atoms with Gasteiger partial charge >= 0.3 is 0 Å². The number of hydrogen-bond donors (Lipinski definition) is 2. The van der Waals surface area contributed by atoms with Crippen molar-refractivity contribution in [1.29, 1.82) is 0 Å². The minimum Gasteiger partial charge on any atom is -0.388 e. The van der Waals surface area contributed by atoms with E-state index >= 15 is 0 Å². The van der Waals surface area contributed by atoms with Crippen LogP contribution < -0.4 is 5.32 Å². The number of carbonyl (C=O) groups excluding carboxylic acids is 1. The molecule has 1 heterocycles. The van der Waals surface area contributed by atoms with Gasteiger partial charge in [-0.3, -0.25) is 4.79 Å². The lowest BCUT2D eigenvalue weighted by Crippen LogP contribution is -2.45. The zero-order valence-electron chi connectivity index (χ0n) is 10.3. The van der Waals surface area contributed by atoms with Crippen molar-refractivity contribution in [1.82, 2.24) is 5.32 Å². The first kappa shape index (κ1) is 13.5. The molecule has 1 aliphatic rings. The SMILES string of the molecule is CCC(O)(CC)CNC(=O)C1CCCOC1. The molecule has 0 spiro atoms. The van der Waals surface area contributed by atoms with Crippen LogP contribution in [0.15, 0.2) is 0 Å². The Labute approximate surface area is 97.4 Å². The first-order valence-electron chi connectivity index (χ1n) is 6.19. The van der Waals surface area contributed by atoms with Crippen molar-refractivity contribution >= 4 is 5.91 Å². The lowest BCUT2D eigenvalue weighted by atomic mass is 9.96. The second-order valence-electron chi connectivity index (χ2n) is 4.56. The van der Waals surface area contributed by atoms with Crippen LogP contribution in [-0.2, 0) is 9.53 Å². The monoisotopic (exact) mass is 229 g/mol. The summed E-state index contributed by atoms with van der Waals surface area (Å²) in [4.78, 5) is 11.8. The Kier molecular flexibility index (Phi) is 5.22. The summed E-state index contributed by atoms with van der Waals surface area (Å²) in [5, 5.41) is 12.9. The second kappa shape index (κ2) is 6.21. The highest BCUT2D eigenvalue weighted by atomic mass is 16.5. The molecule has 0 aromatic heterocycles. The Morgan fingerprint density at radius 1 is 1.50 bits per heavy atom. The van der Waals surface area contributed by atoms with Crippen LogP contribution in [-0.4, -0.2) is 36.4 Å². The molecule has 0 aromatic carbocycles. The largest absolute Gasteiger partial charge is 0.388 e. The molecule has 0 saturated carbocycles. The minimum atomic E-state index is -0.759. The molecule has 1 aliphatic heterocycles. The van der Waals surface area contributed by atoms with E-state index in [2.05, 4.69) is 5.32 Å². The van der Waals surface area contributed by atoms with Crippen molar-refractivity contribution in [2.24, 2.45) is 5.92 Å². The van der Waals surface area contributed by atoms with E-state index in [4.69, 9.17) is 4.74 Å². The van der Waals surface area contributed by atoms with Gasteiger partial charge in [-0.25, -0.2) is 0 Å². The third-order valence-corrected chi connectivity index (χ3v) is 3.44. The van der Waals surface area contributed by atoms with Gasteiger partial charge in [-0.05, 0) is 25.7 Å². The average molecular weight is 229 g/mol. The van der Waals surface area contributed by atoms with Crippen LogP contribution in [0.5, 0.6) is 0 Å². The van der Waals surface area contributed by atoms with Gasteiger partial charge in [0.15, 0.2) is 0 Å². The fourth-order valence-corrected chi connectivity index (χ4v) is 1.84. The van der Waals surface area contributed by atoms with Crippen LogP contribution >= 0.6 is 0 Å². The Hall–Kier alpha value is -0.610. The Morgan fingerprint density at radius 3 is 2.69 bits per heavy atom. The first-order valence-corrected chi connectivity index (χ1v) is 6.19. The maximum absolute atomic E-state index is 11.8. The van der Waals surface area contributed by atoms with Gasteiger partial charge < -0.3 is 15.2 Å². The smallest absolute Gasteiger partial charge is 0.225 e. The summed E-state index contributed by atoms with van der Waals surface area (Å²) in [6, 6.07) is 0.